The summed E-state index contributed by atoms with van der Waals surface area (Å²) in [6.45, 7) is -0.163. The number of fused-ring (bicyclic) bond motifs is 1. The standard InChI is InChI=1S/C24H13Cl2F3N4O2/c25-15-3-1-13(2-4-15)12-33-18-6-5-16(26)11-17(18)19(21(33)24(27,28)29)20(34)23-32-31-22(35-23)14-7-9-30-10-8-14/h1-11H,12H2. The molecule has 0 saturated carbocycles. The van der Waals surface area contributed by atoms with Crippen molar-refractivity contribution in [2.75, 3.05) is 0 Å². The predicted molar refractivity (Wildman–Crippen MR) is 123 cm³/mol. The number of hydrogen-bond donors (Lipinski definition) is 0. The summed E-state index contributed by atoms with van der Waals surface area (Å²) >= 11 is 12.0. The molecule has 0 aliphatic heterocycles. The lowest BCUT2D eigenvalue weighted by atomic mass is 10.1. The lowest BCUT2D eigenvalue weighted by Gasteiger charge is -2.14. The molecule has 3 heterocycles. The van der Waals surface area contributed by atoms with Gasteiger partial charge in [-0.3, -0.25) is 9.78 Å². The van der Waals surface area contributed by atoms with E-state index in [1.54, 1.807) is 36.4 Å². The molecule has 6 nitrogen and oxygen atoms in total. The summed E-state index contributed by atoms with van der Waals surface area (Å²) in [5.41, 5.74) is -0.555. The fourth-order valence-electron chi connectivity index (χ4n) is 3.82. The van der Waals surface area contributed by atoms with Crippen molar-refractivity contribution in [3.8, 4) is 11.5 Å². The van der Waals surface area contributed by atoms with Crippen molar-refractivity contribution in [1.82, 2.24) is 19.7 Å². The van der Waals surface area contributed by atoms with E-state index in [1.807, 2.05) is 0 Å². The van der Waals surface area contributed by atoms with Crippen LogP contribution < -0.4 is 0 Å². The molecule has 0 radical (unpaired) electrons. The zero-order chi connectivity index (χ0) is 24.7. The third kappa shape index (κ3) is 4.40. The predicted octanol–water partition coefficient (Wildman–Crippen LogP) is 6.69. The van der Waals surface area contributed by atoms with E-state index in [2.05, 4.69) is 15.2 Å². The molecule has 35 heavy (non-hydrogen) atoms. The molecular formula is C24H13Cl2F3N4O2. The Labute approximate surface area is 205 Å². The lowest BCUT2D eigenvalue weighted by Crippen LogP contribution is -2.19. The van der Waals surface area contributed by atoms with Crippen LogP contribution in [0.25, 0.3) is 22.4 Å². The van der Waals surface area contributed by atoms with Crippen LogP contribution in [0.1, 0.15) is 27.5 Å². The smallest absolute Gasteiger partial charge is 0.413 e. The molecule has 0 fully saturated rings. The first kappa shape index (κ1) is 23.1. The van der Waals surface area contributed by atoms with Crippen molar-refractivity contribution in [2.45, 2.75) is 12.7 Å². The van der Waals surface area contributed by atoms with Crippen LogP contribution in [0.2, 0.25) is 10.0 Å². The molecule has 0 amide bonds. The van der Waals surface area contributed by atoms with Gasteiger partial charge in [0.25, 0.3) is 11.7 Å². The summed E-state index contributed by atoms with van der Waals surface area (Å²) in [6.07, 6.45) is -1.92. The number of ketones is 1. The number of hydrogen-bond acceptors (Lipinski definition) is 5. The normalized spacial score (nSPS) is 11.8. The molecule has 176 valence electrons. The van der Waals surface area contributed by atoms with Crippen LogP contribution in [-0.4, -0.2) is 25.5 Å². The molecule has 5 rings (SSSR count). The van der Waals surface area contributed by atoms with E-state index in [0.29, 0.717) is 16.1 Å². The maximum Gasteiger partial charge on any atom is 0.432 e. The average molecular weight is 517 g/mol. The summed E-state index contributed by atoms with van der Waals surface area (Å²) in [4.78, 5) is 17.3. The Kier molecular flexibility index (Phi) is 5.82. The van der Waals surface area contributed by atoms with E-state index < -0.39 is 29.1 Å². The number of alkyl halides is 3. The van der Waals surface area contributed by atoms with Crippen LogP contribution in [0.5, 0.6) is 0 Å². The second-order valence-electron chi connectivity index (χ2n) is 7.57. The van der Waals surface area contributed by atoms with Crippen molar-refractivity contribution >= 4 is 39.9 Å². The van der Waals surface area contributed by atoms with Gasteiger partial charge in [-0.2, -0.15) is 13.2 Å². The minimum Gasteiger partial charge on any atom is -0.413 e. The zero-order valence-electron chi connectivity index (χ0n) is 17.6. The van der Waals surface area contributed by atoms with Gasteiger partial charge < -0.3 is 8.98 Å². The van der Waals surface area contributed by atoms with E-state index in [1.165, 1.54) is 30.6 Å². The Bertz CT molecular complexity index is 1550. The molecule has 3 aromatic heterocycles. The third-order valence-corrected chi connectivity index (χ3v) is 5.81. The summed E-state index contributed by atoms with van der Waals surface area (Å²) in [7, 11) is 0. The van der Waals surface area contributed by atoms with Crippen molar-refractivity contribution in [3.05, 3.63) is 99.7 Å². The summed E-state index contributed by atoms with van der Waals surface area (Å²) < 4.78 is 49.9. The highest BCUT2D eigenvalue weighted by Gasteiger charge is 2.42. The highest BCUT2D eigenvalue weighted by Crippen LogP contribution is 2.40. The van der Waals surface area contributed by atoms with Crippen LogP contribution >= 0.6 is 23.2 Å². The molecule has 5 aromatic rings. The maximum absolute atomic E-state index is 14.5. The minimum atomic E-state index is -4.88. The summed E-state index contributed by atoms with van der Waals surface area (Å²) in [6, 6.07) is 13.8. The first-order valence-corrected chi connectivity index (χ1v) is 10.9. The van der Waals surface area contributed by atoms with Crippen LogP contribution in [0.4, 0.5) is 13.2 Å². The first-order chi connectivity index (χ1) is 16.7. The first-order valence-electron chi connectivity index (χ1n) is 10.1. The summed E-state index contributed by atoms with van der Waals surface area (Å²) in [5.74, 6) is -1.66. The Morgan fingerprint density at radius 1 is 0.943 bits per heavy atom. The van der Waals surface area contributed by atoms with Gasteiger partial charge in [-0.25, -0.2) is 0 Å². The van der Waals surface area contributed by atoms with Gasteiger partial charge >= 0.3 is 6.18 Å². The van der Waals surface area contributed by atoms with Gasteiger partial charge in [0.15, 0.2) is 0 Å². The van der Waals surface area contributed by atoms with Gasteiger partial charge in [0.2, 0.25) is 5.89 Å². The SMILES string of the molecule is O=C(c1nnc(-c2ccncc2)o1)c1c(C(F)(F)F)n(Cc2ccc(Cl)cc2)c2ccc(Cl)cc12. The van der Waals surface area contributed by atoms with Crippen molar-refractivity contribution in [2.24, 2.45) is 0 Å². The maximum atomic E-state index is 14.5. The molecule has 0 bridgehead atoms. The van der Waals surface area contributed by atoms with E-state index in [-0.39, 0.29) is 28.4 Å². The van der Waals surface area contributed by atoms with Crippen LogP contribution in [0.3, 0.4) is 0 Å². The monoisotopic (exact) mass is 516 g/mol. The van der Waals surface area contributed by atoms with Gasteiger partial charge in [0, 0.05) is 45.5 Å². The number of halogens is 5. The number of rotatable bonds is 5. The van der Waals surface area contributed by atoms with Crippen molar-refractivity contribution in [3.63, 3.8) is 0 Å². The van der Waals surface area contributed by atoms with Crippen LogP contribution in [-0.2, 0) is 12.7 Å². The molecule has 0 saturated heterocycles. The quantitative estimate of drug-likeness (QED) is 0.243. The fourth-order valence-corrected chi connectivity index (χ4v) is 4.12. The highest BCUT2D eigenvalue weighted by atomic mass is 35.5. The Morgan fingerprint density at radius 3 is 2.31 bits per heavy atom. The highest BCUT2D eigenvalue weighted by molar-refractivity contribution is 6.32. The molecule has 0 aliphatic rings. The van der Waals surface area contributed by atoms with Gasteiger partial charge in [-0.15, -0.1) is 10.2 Å². The number of benzene rings is 2. The van der Waals surface area contributed by atoms with Crippen LogP contribution in [0.15, 0.2) is 71.4 Å². The Hall–Kier alpha value is -3.69. The molecule has 11 heteroatoms. The number of nitrogens with zero attached hydrogens (tertiary/aromatic N) is 4. The Balaban J connectivity index is 1.70. The second-order valence-corrected chi connectivity index (χ2v) is 8.45. The molecule has 0 aliphatic carbocycles. The number of carbonyl (C=O) groups excluding carboxylic acids is 1. The van der Waals surface area contributed by atoms with E-state index in [4.69, 9.17) is 27.6 Å². The van der Waals surface area contributed by atoms with E-state index in [9.17, 15) is 18.0 Å². The van der Waals surface area contributed by atoms with Gasteiger partial charge in [0.1, 0.15) is 5.69 Å². The molecule has 2 aromatic carbocycles. The number of aromatic nitrogens is 4. The average Bonchev–Trinajstić information content (AvgIpc) is 3.44. The molecule has 0 unspecified atom stereocenters. The summed E-state index contributed by atoms with van der Waals surface area (Å²) in [5, 5.41) is 8.17. The van der Waals surface area contributed by atoms with E-state index >= 15 is 0 Å². The Morgan fingerprint density at radius 2 is 1.63 bits per heavy atom. The molecule has 0 atom stereocenters. The second kappa shape index (κ2) is 8.83. The van der Waals surface area contributed by atoms with Gasteiger partial charge in [-0.05, 0) is 48.0 Å². The lowest BCUT2D eigenvalue weighted by molar-refractivity contribution is -0.143. The topological polar surface area (TPSA) is 73.8 Å². The number of carbonyl (C=O) groups is 1. The van der Waals surface area contributed by atoms with Gasteiger partial charge in [-0.1, -0.05) is 35.3 Å². The third-order valence-electron chi connectivity index (χ3n) is 5.32. The van der Waals surface area contributed by atoms with Crippen molar-refractivity contribution in [1.29, 1.82) is 0 Å². The van der Waals surface area contributed by atoms with Crippen LogP contribution in [0, 0.1) is 0 Å². The van der Waals surface area contributed by atoms with Crippen molar-refractivity contribution < 1.29 is 22.4 Å². The molecular weight excluding hydrogens is 504 g/mol. The number of pyridine rings is 1. The molecule has 0 spiro atoms. The van der Waals surface area contributed by atoms with E-state index in [0.717, 1.165) is 4.57 Å². The largest absolute Gasteiger partial charge is 0.432 e. The van der Waals surface area contributed by atoms with Gasteiger partial charge in [0.05, 0.1) is 5.56 Å². The zero-order valence-corrected chi connectivity index (χ0v) is 19.1. The minimum absolute atomic E-state index is 0.0208. The molecule has 0 N–H and O–H groups in total. The fraction of sp³-hybridized carbons (Fsp3) is 0.0833.